The maximum Gasteiger partial charge on any atom is 0.142 e. The summed E-state index contributed by atoms with van der Waals surface area (Å²) in [6.07, 6.45) is 0.654. The molecule has 19 heavy (non-hydrogen) atoms. The van der Waals surface area contributed by atoms with Gasteiger partial charge in [0, 0.05) is 32.7 Å². The fourth-order valence-corrected chi connectivity index (χ4v) is 2.44. The fraction of sp³-hybridized carbons (Fsp3) is 0.571. The maximum absolute atomic E-state index is 5.59. The molecule has 0 amide bonds. The lowest BCUT2D eigenvalue weighted by Gasteiger charge is -2.36. The van der Waals surface area contributed by atoms with Crippen molar-refractivity contribution in [1.82, 2.24) is 4.90 Å². The molecule has 0 aromatic heterocycles. The number of hydrogen-bond donors (Lipinski definition) is 2. The first kappa shape index (κ1) is 14.1. The van der Waals surface area contributed by atoms with Crippen molar-refractivity contribution in [2.24, 2.45) is 11.5 Å². The molecule has 1 aliphatic heterocycles. The van der Waals surface area contributed by atoms with E-state index in [4.69, 9.17) is 16.2 Å². The average Bonchev–Trinajstić information content (AvgIpc) is 2.45. The van der Waals surface area contributed by atoms with Crippen LogP contribution >= 0.6 is 0 Å². The smallest absolute Gasteiger partial charge is 0.142 e. The van der Waals surface area contributed by atoms with Crippen molar-refractivity contribution in [1.29, 1.82) is 0 Å². The van der Waals surface area contributed by atoms with Crippen LogP contribution < -0.4 is 21.1 Å². The molecule has 1 saturated heterocycles. The highest BCUT2D eigenvalue weighted by Gasteiger charge is 2.19. The molecule has 2 rings (SSSR count). The number of piperazine rings is 1. The van der Waals surface area contributed by atoms with E-state index < -0.39 is 0 Å². The third-order valence-corrected chi connectivity index (χ3v) is 3.58. The summed E-state index contributed by atoms with van der Waals surface area (Å²) in [4.78, 5) is 4.79. The van der Waals surface area contributed by atoms with Crippen LogP contribution in [0.1, 0.15) is 6.42 Å². The standard InChI is InChI=1S/C14H24N4O/c1-19-13-5-3-2-4-12(13)18-10-8-17(9-11-18)7-6-14(15)16/h2-5,14H,6-11,15-16H2,1H3. The summed E-state index contributed by atoms with van der Waals surface area (Å²) in [7, 11) is 1.72. The average molecular weight is 264 g/mol. The van der Waals surface area contributed by atoms with Gasteiger partial charge in [0.05, 0.1) is 19.0 Å². The normalized spacial score (nSPS) is 16.9. The molecule has 1 fully saturated rings. The molecule has 106 valence electrons. The second-order valence-corrected chi connectivity index (χ2v) is 4.95. The zero-order chi connectivity index (χ0) is 13.7. The van der Waals surface area contributed by atoms with E-state index in [9.17, 15) is 0 Å². The first-order valence-electron chi connectivity index (χ1n) is 6.82. The number of rotatable bonds is 5. The highest BCUT2D eigenvalue weighted by Crippen LogP contribution is 2.28. The predicted octanol–water partition coefficient (Wildman–Crippen LogP) is 0.451. The van der Waals surface area contributed by atoms with Crippen LogP contribution in [-0.2, 0) is 0 Å². The molecule has 0 spiro atoms. The van der Waals surface area contributed by atoms with Gasteiger partial charge in [-0.15, -0.1) is 0 Å². The minimum Gasteiger partial charge on any atom is -0.495 e. The van der Waals surface area contributed by atoms with Crippen molar-refractivity contribution < 1.29 is 4.74 Å². The molecule has 1 aliphatic rings. The van der Waals surface area contributed by atoms with Gasteiger partial charge in [-0.1, -0.05) is 12.1 Å². The number of nitrogens with zero attached hydrogens (tertiary/aromatic N) is 2. The molecule has 0 aliphatic carbocycles. The Kier molecular flexibility index (Phi) is 5.01. The molecule has 1 heterocycles. The molecule has 0 atom stereocenters. The van der Waals surface area contributed by atoms with Gasteiger partial charge in [0.25, 0.3) is 0 Å². The maximum atomic E-state index is 5.59. The molecule has 5 nitrogen and oxygen atoms in total. The topological polar surface area (TPSA) is 67.8 Å². The number of para-hydroxylation sites is 2. The van der Waals surface area contributed by atoms with Gasteiger partial charge in [-0.3, -0.25) is 4.90 Å². The summed E-state index contributed by atoms with van der Waals surface area (Å²) < 4.78 is 5.42. The van der Waals surface area contributed by atoms with E-state index in [1.54, 1.807) is 7.11 Å². The number of benzene rings is 1. The number of nitrogens with two attached hydrogens (primary N) is 2. The molecular formula is C14H24N4O. The minimum atomic E-state index is -0.202. The van der Waals surface area contributed by atoms with Crippen LogP contribution in [0.2, 0.25) is 0 Å². The second-order valence-electron chi connectivity index (χ2n) is 4.95. The van der Waals surface area contributed by atoms with Gasteiger partial charge in [-0.25, -0.2) is 0 Å². The van der Waals surface area contributed by atoms with Crippen LogP contribution in [0.3, 0.4) is 0 Å². The van der Waals surface area contributed by atoms with Crippen molar-refractivity contribution in [3.63, 3.8) is 0 Å². The summed E-state index contributed by atoms with van der Waals surface area (Å²) in [6, 6.07) is 8.18. The molecule has 0 unspecified atom stereocenters. The third kappa shape index (κ3) is 3.83. The number of hydrogen-bond acceptors (Lipinski definition) is 5. The number of anilines is 1. The largest absolute Gasteiger partial charge is 0.495 e. The SMILES string of the molecule is COc1ccccc1N1CCN(CCC(N)N)CC1. The van der Waals surface area contributed by atoms with Gasteiger partial charge in [0.1, 0.15) is 5.75 Å². The van der Waals surface area contributed by atoms with Gasteiger partial charge in [-0.2, -0.15) is 0 Å². The minimum absolute atomic E-state index is 0.202. The first-order valence-corrected chi connectivity index (χ1v) is 6.82. The van der Waals surface area contributed by atoms with E-state index >= 15 is 0 Å². The zero-order valence-electron chi connectivity index (χ0n) is 11.6. The van der Waals surface area contributed by atoms with Crippen LogP contribution in [-0.4, -0.2) is 50.9 Å². The van der Waals surface area contributed by atoms with E-state index in [1.165, 1.54) is 5.69 Å². The molecule has 0 saturated carbocycles. The van der Waals surface area contributed by atoms with Gasteiger partial charge >= 0.3 is 0 Å². The van der Waals surface area contributed by atoms with E-state index in [-0.39, 0.29) is 6.17 Å². The number of ether oxygens (including phenoxy) is 1. The third-order valence-electron chi connectivity index (χ3n) is 3.58. The molecular weight excluding hydrogens is 240 g/mol. The molecule has 5 heteroatoms. The Morgan fingerprint density at radius 1 is 1.16 bits per heavy atom. The predicted molar refractivity (Wildman–Crippen MR) is 78.4 cm³/mol. The van der Waals surface area contributed by atoms with Gasteiger partial charge in [0.15, 0.2) is 0 Å². The van der Waals surface area contributed by atoms with E-state index in [0.717, 1.165) is 44.9 Å². The second kappa shape index (κ2) is 6.75. The van der Waals surface area contributed by atoms with Crippen molar-refractivity contribution in [3.05, 3.63) is 24.3 Å². The van der Waals surface area contributed by atoms with Crippen molar-refractivity contribution >= 4 is 5.69 Å². The van der Waals surface area contributed by atoms with Crippen molar-refractivity contribution in [2.75, 3.05) is 44.7 Å². The number of methoxy groups -OCH3 is 1. The Morgan fingerprint density at radius 3 is 2.47 bits per heavy atom. The van der Waals surface area contributed by atoms with Crippen LogP contribution in [0.4, 0.5) is 5.69 Å². The summed E-state index contributed by atoms with van der Waals surface area (Å²) in [6.45, 7) is 5.10. The highest BCUT2D eigenvalue weighted by atomic mass is 16.5. The van der Waals surface area contributed by atoms with Crippen LogP contribution in [0.15, 0.2) is 24.3 Å². The lowest BCUT2D eigenvalue weighted by Crippen LogP contribution is -2.48. The lowest BCUT2D eigenvalue weighted by molar-refractivity contribution is 0.248. The monoisotopic (exact) mass is 264 g/mol. The van der Waals surface area contributed by atoms with Crippen molar-refractivity contribution in [3.8, 4) is 5.75 Å². The highest BCUT2D eigenvalue weighted by molar-refractivity contribution is 5.58. The Morgan fingerprint density at radius 2 is 1.84 bits per heavy atom. The van der Waals surface area contributed by atoms with Crippen LogP contribution in [0, 0.1) is 0 Å². The Bertz CT molecular complexity index is 389. The van der Waals surface area contributed by atoms with Crippen LogP contribution in [0.25, 0.3) is 0 Å². The van der Waals surface area contributed by atoms with E-state index in [2.05, 4.69) is 21.9 Å². The fourth-order valence-electron chi connectivity index (χ4n) is 2.44. The van der Waals surface area contributed by atoms with Crippen LogP contribution in [0.5, 0.6) is 5.75 Å². The molecule has 1 aromatic rings. The van der Waals surface area contributed by atoms with Crippen molar-refractivity contribution in [2.45, 2.75) is 12.6 Å². The van der Waals surface area contributed by atoms with Gasteiger partial charge in [-0.05, 0) is 18.6 Å². The molecule has 4 N–H and O–H groups in total. The zero-order valence-corrected chi connectivity index (χ0v) is 11.6. The molecule has 1 aromatic carbocycles. The van der Waals surface area contributed by atoms with E-state index in [0.29, 0.717) is 0 Å². The van der Waals surface area contributed by atoms with Gasteiger partial charge in [0.2, 0.25) is 0 Å². The first-order chi connectivity index (χ1) is 9.20. The quantitative estimate of drug-likeness (QED) is 0.756. The Balaban J connectivity index is 1.89. The van der Waals surface area contributed by atoms with Gasteiger partial charge < -0.3 is 21.1 Å². The Labute approximate surface area is 115 Å². The summed E-state index contributed by atoms with van der Waals surface area (Å²) in [5.74, 6) is 0.944. The van der Waals surface area contributed by atoms with E-state index in [1.807, 2.05) is 12.1 Å². The summed E-state index contributed by atoms with van der Waals surface area (Å²) in [5, 5.41) is 0. The molecule has 0 bridgehead atoms. The molecule has 0 radical (unpaired) electrons. The Hall–Kier alpha value is -1.30. The summed E-state index contributed by atoms with van der Waals surface area (Å²) >= 11 is 0. The lowest BCUT2D eigenvalue weighted by atomic mass is 10.2. The summed E-state index contributed by atoms with van der Waals surface area (Å²) in [5.41, 5.74) is 12.4.